The number of rotatable bonds is 4. The highest BCUT2D eigenvalue weighted by Gasteiger charge is 2.06. The molecule has 4 nitrogen and oxygen atoms in total. The fourth-order valence-electron chi connectivity index (χ4n) is 1.20. The van der Waals surface area contributed by atoms with E-state index in [0.717, 1.165) is 5.56 Å². The van der Waals surface area contributed by atoms with Crippen molar-refractivity contribution in [3.05, 3.63) is 35.4 Å². The first-order valence-corrected chi connectivity index (χ1v) is 5.92. The van der Waals surface area contributed by atoms with Gasteiger partial charge in [0.15, 0.2) is 5.12 Å². The number of amides is 1. The minimum Gasteiger partial charge on any atom is -0.507 e. The van der Waals surface area contributed by atoms with Gasteiger partial charge in [0.1, 0.15) is 5.75 Å². The molecule has 0 aliphatic carbocycles. The minimum absolute atomic E-state index is 0.0539. The van der Waals surface area contributed by atoms with E-state index in [1.807, 2.05) is 6.08 Å². The predicted octanol–water partition coefficient (Wildman–Crippen LogP) is 1.78. The van der Waals surface area contributed by atoms with Crippen LogP contribution in [0.1, 0.15) is 22.8 Å². The first-order valence-electron chi connectivity index (χ1n) is 4.93. The summed E-state index contributed by atoms with van der Waals surface area (Å²) >= 11 is 1.20. The van der Waals surface area contributed by atoms with Crippen LogP contribution in [0.15, 0.2) is 24.3 Å². The van der Waals surface area contributed by atoms with E-state index in [9.17, 15) is 14.7 Å². The number of aromatic hydroxyl groups is 1. The summed E-state index contributed by atoms with van der Waals surface area (Å²) in [5.74, 6) is -0.231. The van der Waals surface area contributed by atoms with Gasteiger partial charge in [-0.15, -0.1) is 0 Å². The van der Waals surface area contributed by atoms with Crippen molar-refractivity contribution in [2.45, 2.75) is 6.92 Å². The summed E-state index contributed by atoms with van der Waals surface area (Å²) < 4.78 is 0. The molecule has 17 heavy (non-hydrogen) atoms. The zero-order chi connectivity index (χ0) is 12.8. The van der Waals surface area contributed by atoms with Gasteiger partial charge in [-0.25, -0.2) is 0 Å². The van der Waals surface area contributed by atoms with Gasteiger partial charge in [0, 0.05) is 12.7 Å². The van der Waals surface area contributed by atoms with Gasteiger partial charge in [0.25, 0.3) is 5.91 Å². The highest BCUT2D eigenvalue weighted by atomic mass is 32.2. The quantitative estimate of drug-likeness (QED) is 0.854. The lowest BCUT2D eigenvalue weighted by Crippen LogP contribution is -2.11. The summed E-state index contributed by atoms with van der Waals surface area (Å²) in [5.41, 5.74) is 5.95. The highest BCUT2D eigenvalue weighted by molar-refractivity contribution is 8.13. The molecular weight excluding hydrogens is 238 g/mol. The van der Waals surface area contributed by atoms with Crippen LogP contribution in [-0.4, -0.2) is 21.9 Å². The molecule has 1 aromatic carbocycles. The molecule has 0 spiro atoms. The van der Waals surface area contributed by atoms with E-state index in [1.165, 1.54) is 30.8 Å². The number of nitrogens with two attached hydrogens (primary N) is 1. The molecule has 3 N–H and O–H groups in total. The van der Waals surface area contributed by atoms with Gasteiger partial charge in [-0.3, -0.25) is 9.59 Å². The molecule has 0 unspecified atom stereocenters. The van der Waals surface area contributed by atoms with E-state index in [1.54, 1.807) is 12.1 Å². The molecule has 0 heterocycles. The maximum atomic E-state index is 11.0. The Bertz CT molecular complexity index is 469. The molecular formula is C12H13NO3S. The van der Waals surface area contributed by atoms with Crippen molar-refractivity contribution in [1.29, 1.82) is 0 Å². The summed E-state index contributed by atoms with van der Waals surface area (Å²) in [6, 6.07) is 4.58. The Hall–Kier alpha value is -1.75. The van der Waals surface area contributed by atoms with Crippen LogP contribution >= 0.6 is 11.8 Å². The van der Waals surface area contributed by atoms with E-state index >= 15 is 0 Å². The molecule has 1 aromatic rings. The van der Waals surface area contributed by atoms with E-state index in [4.69, 9.17) is 5.73 Å². The Labute approximate surface area is 104 Å². The normalized spacial score (nSPS) is 10.6. The lowest BCUT2D eigenvalue weighted by molar-refractivity contribution is -0.109. The van der Waals surface area contributed by atoms with E-state index in [2.05, 4.69) is 0 Å². The zero-order valence-corrected chi connectivity index (χ0v) is 10.2. The minimum atomic E-state index is -0.670. The van der Waals surface area contributed by atoms with Crippen LogP contribution in [-0.2, 0) is 4.79 Å². The van der Waals surface area contributed by atoms with Crippen molar-refractivity contribution in [3.8, 4) is 5.75 Å². The molecule has 0 saturated heterocycles. The topological polar surface area (TPSA) is 80.4 Å². The van der Waals surface area contributed by atoms with Crippen molar-refractivity contribution < 1.29 is 14.7 Å². The largest absolute Gasteiger partial charge is 0.507 e. The number of benzene rings is 1. The summed E-state index contributed by atoms with van der Waals surface area (Å²) in [4.78, 5) is 21.7. The molecule has 0 radical (unpaired) electrons. The first-order chi connectivity index (χ1) is 8.00. The average Bonchev–Trinajstić information content (AvgIpc) is 2.25. The highest BCUT2D eigenvalue weighted by Crippen LogP contribution is 2.18. The fraction of sp³-hybridized carbons (Fsp3) is 0.167. The van der Waals surface area contributed by atoms with Gasteiger partial charge in [-0.1, -0.05) is 30.0 Å². The van der Waals surface area contributed by atoms with Crippen LogP contribution in [0.5, 0.6) is 5.75 Å². The molecule has 0 aliphatic rings. The monoisotopic (exact) mass is 251 g/mol. The molecule has 90 valence electrons. The molecule has 0 aliphatic heterocycles. The summed E-state index contributed by atoms with van der Waals surface area (Å²) in [6.07, 6.45) is 3.57. The van der Waals surface area contributed by atoms with Gasteiger partial charge in [0.05, 0.1) is 5.56 Å². The molecule has 1 amide bonds. The van der Waals surface area contributed by atoms with Crippen LogP contribution in [0.25, 0.3) is 6.08 Å². The zero-order valence-electron chi connectivity index (χ0n) is 9.34. The summed E-state index contributed by atoms with van der Waals surface area (Å²) in [6.45, 7) is 1.50. The summed E-state index contributed by atoms with van der Waals surface area (Å²) in [5, 5.41) is 9.43. The molecule has 0 aromatic heterocycles. The average molecular weight is 251 g/mol. The van der Waals surface area contributed by atoms with Crippen molar-refractivity contribution in [2.24, 2.45) is 5.73 Å². The Morgan fingerprint density at radius 2 is 2.18 bits per heavy atom. The lowest BCUT2D eigenvalue weighted by atomic mass is 10.1. The number of carbonyl (C=O) groups excluding carboxylic acids is 2. The molecule has 0 bridgehead atoms. The molecule has 1 rings (SSSR count). The fourth-order valence-corrected chi connectivity index (χ4v) is 1.63. The second-order valence-corrected chi connectivity index (χ2v) is 4.54. The van der Waals surface area contributed by atoms with Crippen molar-refractivity contribution in [1.82, 2.24) is 0 Å². The first kappa shape index (κ1) is 13.3. The number of carbonyl (C=O) groups is 2. The Kier molecular flexibility index (Phi) is 4.78. The third-order valence-electron chi connectivity index (χ3n) is 1.98. The van der Waals surface area contributed by atoms with Crippen LogP contribution in [0.4, 0.5) is 0 Å². The third-order valence-corrected chi connectivity index (χ3v) is 2.74. The second-order valence-electron chi connectivity index (χ2n) is 3.35. The van der Waals surface area contributed by atoms with Gasteiger partial charge in [-0.05, 0) is 17.7 Å². The Morgan fingerprint density at radius 3 is 2.76 bits per heavy atom. The van der Waals surface area contributed by atoms with Gasteiger partial charge >= 0.3 is 0 Å². The molecule has 0 saturated carbocycles. The lowest BCUT2D eigenvalue weighted by Gasteiger charge is -2.01. The van der Waals surface area contributed by atoms with Gasteiger partial charge in [0.2, 0.25) is 0 Å². The molecule has 5 heteroatoms. The Morgan fingerprint density at radius 1 is 1.47 bits per heavy atom. The predicted molar refractivity (Wildman–Crippen MR) is 68.8 cm³/mol. The maximum Gasteiger partial charge on any atom is 0.252 e. The molecule has 0 atom stereocenters. The summed E-state index contributed by atoms with van der Waals surface area (Å²) in [7, 11) is 0. The van der Waals surface area contributed by atoms with Crippen LogP contribution in [0.3, 0.4) is 0 Å². The number of thioether (sulfide) groups is 1. The maximum absolute atomic E-state index is 11.0. The standard InChI is InChI=1S/C12H13NO3S/c1-8(14)17-6-2-3-9-4-5-11(15)10(7-9)12(13)16/h2-5,7,15H,6H2,1H3,(H2,13,16). The van der Waals surface area contributed by atoms with Crippen LogP contribution < -0.4 is 5.73 Å². The molecule has 0 fully saturated rings. The Balaban J connectivity index is 2.75. The van der Waals surface area contributed by atoms with E-state index in [-0.39, 0.29) is 16.4 Å². The van der Waals surface area contributed by atoms with Gasteiger partial charge in [-0.2, -0.15) is 0 Å². The van der Waals surface area contributed by atoms with E-state index < -0.39 is 5.91 Å². The third kappa shape index (κ3) is 4.32. The van der Waals surface area contributed by atoms with Crippen molar-refractivity contribution >= 4 is 28.9 Å². The van der Waals surface area contributed by atoms with Crippen molar-refractivity contribution in [2.75, 3.05) is 5.75 Å². The number of hydrogen-bond donors (Lipinski definition) is 2. The number of phenols is 1. The number of primary amides is 1. The smallest absolute Gasteiger partial charge is 0.252 e. The van der Waals surface area contributed by atoms with Gasteiger partial charge < -0.3 is 10.8 Å². The van der Waals surface area contributed by atoms with Crippen molar-refractivity contribution in [3.63, 3.8) is 0 Å². The van der Waals surface area contributed by atoms with E-state index in [0.29, 0.717) is 5.75 Å². The SMILES string of the molecule is CC(=O)SCC=Cc1ccc(O)c(C(N)=O)c1. The van der Waals surface area contributed by atoms with Crippen LogP contribution in [0, 0.1) is 0 Å². The number of hydrogen-bond acceptors (Lipinski definition) is 4. The van der Waals surface area contributed by atoms with Crippen LogP contribution in [0.2, 0.25) is 0 Å². The second kappa shape index (κ2) is 6.10.